The molecular formula is C12H13Br. The molecule has 0 nitrogen and oxygen atoms in total. The minimum Gasteiger partial charge on any atom is -0.0984 e. The van der Waals surface area contributed by atoms with Gasteiger partial charge in [-0.1, -0.05) is 52.3 Å². The molecule has 0 saturated carbocycles. The van der Waals surface area contributed by atoms with Crippen molar-refractivity contribution < 1.29 is 0 Å². The van der Waals surface area contributed by atoms with Gasteiger partial charge < -0.3 is 0 Å². The first kappa shape index (κ1) is 9.01. The van der Waals surface area contributed by atoms with E-state index < -0.39 is 0 Å². The van der Waals surface area contributed by atoms with Crippen LogP contribution in [0.15, 0.2) is 36.4 Å². The topological polar surface area (TPSA) is 0 Å². The molecule has 13 heavy (non-hydrogen) atoms. The SMILES string of the molecule is C=C(CBr)C1CCc2ccccc21. The lowest BCUT2D eigenvalue weighted by Gasteiger charge is -2.12. The monoisotopic (exact) mass is 236 g/mol. The standard InChI is InChI=1S/C12H13Br/c1-9(8-13)11-7-6-10-4-2-3-5-12(10)11/h2-5,11H,1,6-8H2. The molecule has 1 atom stereocenters. The summed E-state index contributed by atoms with van der Waals surface area (Å²) in [5.74, 6) is 0.593. The van der Waals surface area contributed by atoms with Crippen LogP contribution < -0.4 is 0 Å². The van der Waals surface area contributed by atoms with Gasteiger partial charge in [0.05, 0.1) is 0 Å². The maximum Gasteiger partial charge on any atom is 0.0245 e. The average Bonchev–Trinajstić information content (AvgIpc) is 2.60. The van der Waals surface area contributed by atoms with Gasteiger partial charge in [0.25, 0.3) is 0 Å². The van der Waals surface area contributed by atoms with E-state index in [1.807, 2.05) is 0 Å². The van der Waals surface area contributed by atoms with E-state index in [1.165, 1.54) is 29.5 Å². The van der Waals surface area contributed by atoms with Crippen molar-refractivity contribution in [3.8, 4) is 0 Å². The van der Waals surface area contributed by atoms with E-state index in [4.69, 9.17) is 0 Å². The molecule has 1 aliphatic carbocycles. The van der Waals surface area contributed by atoms with E-state index in [9.17, 15) is 0 Å². The minimum absolute atomic E-state index is 0.593. The largest absolute Gasteiger partial charge is 0.0984 e. The van der Waals surface area contributed by atoms with E-state index in [1.54, 1.807) is 0 Å². The number of alkyl halides is 1. The molecule has 0 fully saturated rings. The summed E-state index contributed by atoms with van der Waals surface area (Å²) in [5, 5.41) is 0.923. The zero-order valence-electron chi connectivity index (χ0n) is 7.59. The van der Waals surface area contributed by atoms with Crippen LogP contribution in [0.5, 0.6) is 0 Å². The number of aryl methyl sites for hydroxylation is 1. The molecule has 1 heteroatoms. The third kappa shape index (κ3) is 1.58. The Morgan fingerprint density at radius 3 is 3.00 bits per heavy atom. The second-order valence-electron chi connectivity index (χ2n) is 3.58. The Bertz CT molecular complexity index is 328. The van der Waals surface area contributed by atoms with Gasteiger partial charge >= 0.3 is 0 Å². The Morgan fingerprint density at radius 1 is 1.46 bits per heavy atom. The maximum absolute atomic E-state index is 4.11. The van der Waals surface area contributed by atoms with Gasteiger partial charge in [0.15, 0.2) is 0 Å². The number of rotatable bonds is 2. The van der Waals surface area contributed by atoms with Gasteiger partial charge in [0, 0.05) is 11.2 Å². The van der Waals surface area contributed by atoms with Crippen LogP contribution in [0.25, 0.3) is 0 Å². The van der Waals surface area contributed by atoms with Gasteiger partial charge in [-0.15, -0.1) is 0 Å². The van der Waals surface area contributed by atoms with Crippen molar-refractivity contribution in [2.24, 2.45) is 0 Å². The molecule has 0 bridgehead atoms. The van der Waals surface area contributed by atoms with Crippen LogP contribution in [-0.4, -0.2) is 5.33 Å². The second-order valence-corrected chi connectivity index (χ2v) is 4.14. The van der Waals surface area contributed by atoms with Crippen molar-refractivity contribution in [2.75, 3.05) is 5.33 Å². The van der Waals surface area contributed by atoms with Crippen LogP contribution in [0.4, 0.5) is 0 Å². The molecule has 68 valence electrons. The molecule has 2 rings (SSSR count). The summed E-state index contributed by atoms with van der Waals surface area (Å²) in [4.78, 5) is 0. The normalized spacial score (nSPS) is 19.9. The summed E-state index contributed by atoms with van der Waals surface area (Å²) in [6.07, 6.45) is 2.46. The lowest BCUT2D eigenvalue weighted by molar-refractivity contribution is 0.778. The predicted octanol–water partition coefficient (Wildman–Crippen LogP) is 3.67. The van der Waals surface area contributed by atoms with Gasteiger partial charge in [-0.25, -0.2) is 0 Å². The van der Waals surface area contributed by atoms with E-state index >= 15 is 0 Å². The number of benzene rings is 1. The molecule has 1 aromatic rings. The smallest absolute Gasteiger partial charge is 0.0245 e. The summed E-state index contributed by atoms with van der Waals surface area (Å²) in [6, 6.07) is 8.72. The van der Waals surface area contributed by atoms with Crippen LogP contribution in [0, 0.1) is 0 Å². The highest BCUT2D eigenvalue weighted by Crippen LogP contribution is 2.37. The number of halogens is 1. The number of hydrogen-bond acceptors (Lipinski definition) is 0. The third-order valence-electron chi connectivity index (χ3n) is 2.80. The Hall–Kier alpha value is -0.560. The number of hydrogen-bond donors (Lipinski definition) is 0. The van der Waals surface area contributed by atoms with Crippen molar-refractivity contribution in [1.29, 1.82) is 0 Å². The van der Waals surface area contributed by atoms with E-state index in [-0.39, 0.29) is 0 Å². The summed E-state index contributed by atoms with van der Waals surface area (Å²) in [7, 11) is 0. The van der Waals surface area contributed by atoms with Crippen molar-refractivity contribution >= 4 is 15.9 Å². The quantitative estimate of drug-likeness (QED) is 0.543. The molecule has 1 aliphatic rings. The molecule has 0 aliphatic heterocycles. The molecule has 1 aromatic carbocycles. The lowest BCUT2D eigenvalue weighted by atomic mass is 9.95. The zero-order valence-corrected chi connectivity index (χ0v) is 9.18. The van der Waals surface area contributed by atoms with Crippen molar-refractivity contribution in [3.05, 3.63) is 47.5 Å². The minimum atomic E-state index is 0.593. The predicted molar refractivity (Wildman–Crippen MR) is 60.4 cm³/mol. The van der Waals surface area contributed by atoms with Crippen LogP contribution in [0.2, 0.25) is 0 Å². The Kier molecular flexibility index (Phi) is 2.54. The Balaban J connectivity index is 2.33. The van der Waals surface area contributed by atoms with Crippen LogP contribution in [-0.2, 0) is 6.42 Å². The highest BCUT2D eigenvalue weighted by molar-refractivity contribution is 9.09. The summed E-state index contributed by atoms with van der Waals surface area (Å²) in [5.41, 5.74) is 4.31. The highest BCUT2D eigenvalue weighted by Gasteiger charge is 2.23. The summed E-state index contributed by atoms with van der Waals surface area (Å²) in [6.45, 7) is 4.11. The molecule has 0 spiro atoms. The van der Waals surface area contributed by atoms with E-state index in [2.05, 4.69) is 46.8 Å². The molecule has 1 unspecified atom stereocenters. The van der Waals surface area contributed by atoms with Crippen LogP contribution in [0.1, 0.15) is 23.5 Å². The molecule has 0 radical (unpaired) electrons. The van der Waals surface area contributed by atoms with Gasteiger partial charge in [-0.2, -0.15) is 0 Å². The van der Waals surface area contributed by atoms with Crippen LogP contribution >= 0.6 is 15.9 Å². The van der Waals surface area contributed by atoms with Gasteiger partial charge in [0.1, 0.15) is 0 Å². The molecule has 0 heterocycles. The van der Waals surface area contributed by atoms with E-state index in [0.717, 1.165) is 5.33 Å². The van der Waals surface area contributed by atoms with Gasteiger partial charge in [-0.05, 0) is 24.0 Å². The Labute approximate surface area is 87.8 Å². The fourth-order valence-corrected chi connectivity index (χ4v) is 2.47. The van der Waals surface area contributed by atoms with Crippen molar-refractivity contribution in [2.45, 2.75) is 18.8 Å². The molecule has 0 N–H and O–H groups in total. The fourth-order valence-electron chi connectivity index (χ4n) is 2.07. The van der Waals surface area contributed by atoms with Crippen molar-refractivity contribution in [3.63, 3.8) is 0 Å². The third-order valence-corrected chi connectivity index (χ3v) is 3.52. The highest BCUT2D eigenvalue weighted by atomic mass is 79.9. The summed E-state index contributed by atoms with van der Waals surface area (Å²) < 4.78 is 0. The first-order chi connectivity index (χ1) is 6.33. The lowest BCUT2D eigenvalue weighted by Crippen LogP contribution is -1.97. The first-order valence-corrected chi connectivity index (χ1v) is 5.76. The van der Waals surface area contributed by atoms with Gasteiger partial charge in [0.2, 0.25) is 0 Å². The molecule has 0 saturated heterocycles. The molecule has 0 amide bonds. The van der Waals surface area contributed by atoms with E-state index in [0.29, 0.717) is 5.92 Å². The van der Waals surface area contributed by atoms with Crippen molar-refractivity contribution in [1.82, 2.24) is 0 Å². The Morgan fingerprint density at radius 2 is 2.23 bits per heavy atom. The first-order valence-electron chi connectivity index (χ1n) is 4.64. The number of allylic oxidation sites excluding steroid dienone is 1. The second kappa shape index (κ2) is 3.67. The molecular weight excluding hydrogens is 224 g/mol. The van der Waals surface area contributed by atoms with Crippen LogP contribution in [0.3, 0.4) is 0 Å². The summed E-state index contributed by atoms with van der Waals surface area (Å²) >= 11 is 3.48. The average molecular weight is 237 g/mol. The number of fused-ring (bicyclic) bond motifs is 1. The van der Waals surface area contributed by atoms with Gasteiger partial charge in [-0.3, -0.25) is 0 Å². The molecule has 0 aromatic heterocycles. The zero-order chi connectivity index (χ0) is 9.26. The fraction of sp³-hybridized carbons (Fsp3) is 0.333. The maximum atomic E-state index is 4.11.